The van der Waals surface area contributed by atoms with Crippen molar-refractivity contribution in [3.63, 3.8) is 0 Å². The smallest absolute Gasteiger partial charge is 0.264 e. The number of thiophene rings is 1. The predicted octanol–water partition coefficient (Wildman–Crippen LogP) is 2.60. The molecular formula is C17H24N2O2S. The van der Waals surface area contributed by atoms with Gasteiger partial charge in [0.1, 0.15) is 0 Å². The van der Waals surface area contributed by atoms with Gasteiger partial charge < -0.3 is 10.6 Å². The van der Waals surface area contributed by atoms with Crippen LogP contribution in [0.2, 0.25) is 0 Å². The molecule has 0 bridgehead atoms. The van der Waals surface area contributed by atoms with Gasteiger partial charge in [0.2, 0.25) is 5.91 Å². The van der Waals surface area contributed by atoms with E-state index < -0.39 is 0 Å². The average molecular weight is 320 g/mol. The van der Waals surface area contributed by atoms with E-state index in [4.69, 9.17) is 5.73 Å². The van der Waals surface area contributed by atoms with Gasteiger partial charge in [-0.15, -0.1) is 11.3 Å². The predicted molar refractivity (Wildman–Crippen MR) is 87.9 cm³/mol. The van der Waals surface area contributed by atoms with Gasteiger partial charge in [-0.25, -0.2) is 0 Å². The van der Waals surface area contributed by atoms with Gasteiger partial charge in [-0.3, -0.25) is 9.59 Å². The standard InChI is InChI=1S/C17H24N2O2S/c1-10-3-6-14-13(7-10)8-15(22-14)17(21)19-9-12(16(18)20)5-4-11(19)2/h8,10-12H,3-7,9H2,1-2H3,(H2,18,20). The van der Waals surface area contributed by atoms with Crippen molar-refractivity contribution in [2.24, 2.45) is 17.6 Å². The molecular weight excluding hydrogens is 296 g/mol. The molecule has 0 radical (unpaired) electrons. The Balaban J connectivity index is 1.79. The van der Waals surface area contributed by atoms with E-state index in [0.717, 1.165) is 30.6 Å². The Labute approximate surface area is 135 Å². The van der Waals surface area contributed by atoms with Crippen molar-refractivity contribution in [3.05, 3.63) is 21.4 Å². The molecule has 4 nitrogen and oxygen atoms in total. The minimum atomic E-state index is -0.288. The van der Waals surface area contributed by atoms with Crippen LogP contribution in [-0.4, -0.2) is 29.3 Å². The third-order valence-electron chi connectivity index (χ3n) is 5.09. The number of hydrogen-bond donors (Lipinski definition) is 1. The van der Waals surface area contributed by atoms with Gasteiger partial charge in [0.05, 0.1) is 10.8 Å². The van der Waals surface area contributed by atoms with E-state index in [1.165, 1.54) is 16.9 Å². The van der Waals surface area contributed by atoms with Crippen molar-refractivity contribution in [1.82, 2.24) is 4.90 Å². The van der Waals surface area contributed by atoms with E-state index in [0.29, 0.717) is 12.5 Å². The van der Waals surface area contributed by atoms with Crippen molar-refractivity contribution in [2.45, 2.75) is 52.0 Å². The molecule has 3 atom stereocenters. The summed E-state index contributed by atoms with van der Waals surface area (Å²) < 4.78 is 0. The topological polar surface area (TPSA) is 63.4 Å². The maximum absolute atomic E-state index is 12.9. The molecule has 1 aliphatic heterocycles. The molecule has 2 N–H and O–H groups in total. The Kier molecular flexibility index (Phi) is 4.26. The minimum absolute atomic E-state index is 0.0745. The fourth-order valence-electron chi connectivity index (χ4n) is 3.57. The lowest BCUT2D eigenvalue weighted by atomic mass is 9.90. The molecule has 3 rings (SSSR count). The number of carbonyl (C=O) groups is 2. The SMILES string of the molecule is CC1CCc2sc(C(=O)N3CC(C(N)=O)CCC3C)cc2C1. The number of likely N-dealkylation sites (tertiary alicyclic amines) is 1. The summed E-state index contributed by atoms with van der Waals surface area (Å²) in [4.78, 5) is 28.4. The van der Waals surface area contributed by atoms with Crippen molar-refractivity contribution in [1.29, 1.82) is 0 Å². The monoisotopic (exact) mass is 320 g/mol. The number of piperidine rings is 1. The number of nitrogens with two attached hydrogens (primary N) is 1. The molecule has 0 saturated carbocycles. The fourth-order valence-corrected chi connectivity index (χ4v) is 4.74. The van der Waals surface area contributed by atoms with Crippen LogP contribution in [0.5, 0.6) is 0 Å². The Hall–Kier alpha value is -1.36. The fraction of sp³-hybridized carbons (Fsp3) is 0.647. The van der Waals surface area contributed by atoms with Crippen LogP contribution in [0.25, 0.3) is 0 Å². The third-order valence-corrected chi connectivity index (χ3v) is 6.31. The number of hydrogen-bond acceptors (Lipinski definition) is 3. The first-order valence-electron chi connectivity index (χ1n) is 8.17. The number of rotatable bonds is 2. The molecule has 0 aromatic carbocycles. The highest BCUT2D eigenvalue weighted by Crippen LogP contribution is 2.34. The van der Waals surface area contributed by atoms with E-state index in [1.807, 2.05) is 4.90 Å². The highest BCUT2D eigenvalue weighted by molar-refractivity contribution is 7.14. The number of fused-ring (bicyclic) bond motifs is 1. The maximum atomic E-state index is 12.9. The zero-order chi connectivity index (χ0) is 15.9. The first-order chi connectivity index (χ1) is 10.5. The second-order valence-electron chi connectivity index (χ2n) is 6.89. The quantitative estimate of drug-likeness (QED) is 0.910. The Morgan fingerprint density at radius 1 is 1.27 bits per heavy atom. The molecule has 22 heavy (non-hydrogen) atoms. The summed E-state index contributed by atoms with van der Waals surface area (Å²) in [5.41, 5.74) is 6.78. The lowest BCUT2D eigenvalue weighted by molar-refractivity contribution is -0.123. The van der Waals surface area contributed by atoms with E-state index in [-0.39, 0.29) is 23.8 Å². The first kappa shape index (κ1) is 15.5. The molecule has 120 valence electrons. The summed E-state index contributed by atoms with van der Waals surface area (Å²) in [7, 11) is 0. The maximum Gasteiger partial charge on any atom is 0.264 e. The molecule has 3 unspecified atom stereocenters. The molecule has 0 spiro atoms. The molecule has 2 aliphatic rings. The highest BCUT2D eigenvalue weighted by Gasteiger charge is 2.33. The summed E-state index contributed by atoms with van der Waals surface area (Å²) >= 11 is 1.64. The van der Waals surface area contributed by atoms with E-state index in [1.54, 1.807) is 11.3 Å². The van der Waals surface area contributed by atoms with Gasteiger partial charge in [0.15, 0.2) is 0 Å². The minimum Gasteiger partial charge on any atom is -0.369 e. The summed E-state index contributed by atoms with van der Waals surface area (Å²) in [5.74, 6) is 0.294. The summed E-state index contributed by atoms with van der Waals surface area (Å²) in [5, 5.41) is 0. The molecule has 1 aromatic rings. The molecule has 2 amide bonds. The van der Waals surface area contributed by atoms with Crippen molar-refractivity contribution < 1.29 is 9.59 Å². The van der Waals surface area contributed by atoms with Crippen LogP contribution < -0.4 is 5.73 Å². The van der Waals surface area contributed by atoms with Crippen LogP contribution in [0.15, 0.2) is 6.07 Å². The van der Waals surface area contributed by atoms with Gasteiger partial charge in [0.25, 0.3) is 5.91 Å². The van der Waals surface area contributed by atoms with Gasteiger partial charge in [-0.05, 0) is 56.6 Å². The first-order valence-corrected chi connectivity index (χ1v) is 8.99. The Morgan fingerprint density at radius 3 is 2.77 bits per heavy atom. The zero-order valence-electron chi connectivity index (χ0n) is 13.3. The Bertz CT molecular complexity index is 595. The lowest BCUT2D eigenvalue weighted by Gasteiger charge is -2.36. The van der Waals surface area contributed by atoms with Crippen LogP contribution in [0.4, 0.5) is 0 Å². The highest BCUT2D eigenvalue weighted by atomic mass is 32.1. The third kappa shape index (κ3) is 2.91. The summed E-state index contributed by atoms with van der Waals surface area (Å²) in [6.07, 6.45) is 5.03. The van der Waals surface area contributed by atoms with Gasteiger partial charge in [-0.2, -0.15) is 0 Å². The molecule has 1 aromatic heterocycles. The van der Waals surface area contributed by atoms with Crippen molar-refractivity contribution >= 4 is 23.2 Å². The van der Waals surface area contributed by atoms with Crippen LogP contribution >= 0.6 is 11.3 Å². The molecule has 1 fully saturated rings. The van der Waals surface area contributed by atoms with Gasteiger partial charge in [0, 0.05) is 17.5 Å². The summed E-state index contributed by atoms with van der Waals surface area (Å²) in [6.45, 7) is 4.80. The molecule has 1 aliphatic carbocycles. The zero-order valence-corrected chi connectivity index (χ0v) is 14.1. The lowest BCUT2D eigenvalue weighted by Crippen LogP contribution is -2.48. The van der Waals surface area contributed by atoms with Gasteiger partial charge >= 0.3 is 0 Å². The van der Waals surface area contributed by atoms with Crippen molar-refractivity contribution in [2.75, 3.05) is 6.54 Å². The number of primary amides is 1. The number of amides is 2. The van der Waals surface area contributed by atoms with Gasteiger partial charge in [-0.1, -0.05) is 6.92 Å². The number of nitrogens with zero attached hydrogens (tertiary/aromatic N) is 1. The van der Waals surface area contributed by atoms with Crippen LogP contribution in [-0.2, 0) is 17.6 Å². The van der Waals surface area contributed by atoms with E-state index >= 15 is 0 Å². The number of carbonyl (C=O) groups excluding carboxylic acids is 2. The van der Waals surface area contributed by atoms with Crippen LogP contribution in [0.1, 0.15) is 53.2 Å². The largest absolute Gasteiger partial charge is 0.369 e. The average Bonchev–Trinajstić information content (AvgIpc) is 2.89. The second kappa shape index (κ2) is 6.03. The van der Waals surface area contributed by atoms with Crippen LogP contribution in [0.3, 0.4) is 0 Å². The van der Waals surface area contributed by atoms with Crippen LogP contribution in [0, 0.1) is 11.8 Å². The van der Waals surface area contributed by atoms with Crippen molar-refractivity contribution in [3.8, 4) is 0 Å². The normalized spacial score (nSPS) is 28.3. The van der Waals surface area contributed by atoms with E-state index in [2.05, 4.69) is 19.9 Å². The Morgan fingerprint density at radius 2 is 2.05 bits per heavy atom. The summed E-state index contributed by atoms with van der Waals surface area (Å²) in [6, 6.07) is 2.26. The van der Waals surface area contributed by atoms with E-state index in [9.17, 15) is 9.59 Å². The number of aryl methyl sites for hydroxylation is 1. The molecule has 5 heteroatoms. The molecule has 2 heterocycles. The molecule has 1 saturated heterocycles. The second-order valence-corrected chi connectivity index (χ2v) is 8.03.